The molecule has 0 atom stereocenters. The first-order valence-electron chi connectivity index (χ1n) is 14.2. The van der Waals surface area contributed by atoms with Crippen molar-refractivity contribution in [2.24, 2.45) is 0 Å². The minimum Gasteiger partial charge on any atom is -0.473 e. The van der Waals surface area contributed by atoms with Gasteiger partial charge in [0.15, 0.2) is 13.5 Å². The fourth-order valence-corrected chi connectivity index (χ4v) is 5.96. The van der Waals surface area contributed by atoms with E-state index in [1.165, 1.54) is 44.8 Å². The van der Waals surface area contributed by atoms with Gasteiger partial charge in [-0.25, -0.2) is 0 Å². The summed E-state index contributed by atoms with van der Waals surface area (Å²) in [6.45, 7) is 12.1. The van der Waals surface area contributed by atoms with Crippen molar-refractivity contribution in [3.63, 3.8) is 0 Å². The molecule has 0 saturated carbocycles. The Morgan fingerprint density at radius 3 is 1.49 bits per heavy atom. The second-order valence-electron chi connectivity index (χ2n) is 11.2. The highest BCUT2D eigenvalue weighted by molar-refractivity contribution is 5.61. The molecule has 2 aliphatic rings. The molecule has 0 bridgehead atoms. The van der Waals surface area contributed by atoms with Crippen LogP contribution in [0.2, 0.25) is 0 Å². The number of nitrogens with zero attached hydrogens (tertiary/aromatic N) is 2. The Morgan fingerprint density at radius 2 is 1.05 bits per heavy atom. The van der Waals surface area contributed by atoms with Crippen molar-refractivity contribution >= 4 is 11.4 Å². The summed E-state index contributed by atoms with van der Waals surface area (Å²) in [7, 11) is 0. The van der Waals surface area contributed by atoms with E-state index in [4.69, 9.17) is 9.47 Å². The molecular weight excluding hydrogens is 480 g/mol. The van der Waals surface area contributed by atoms with Crippen LogP contribution in [0.15, 0.2) is 84.9 Å². The molecule has 4 aromatic rings. The first kappa shape index (κ1) is 25.4. The minimum atomic E-state index is -0.124. The van der Waals surface area contributed by atoms with E-state index in [0.29, 0.717) is 13.5 Å². The Morgan fingerprint density at radius 1 is 0.615 bits per heavy atom. The van der Waals surface area contributed by atoms with Gasteiger partial charge in [-0.1, -0.05) is 88.4 Å². The van der Waals surface area contributed by atoms with E-state index < -0.39 is 0 Å². The van der Waals surface area contributed by atoms with Gasteiger partial charge in [0.1, 0.15) is 11.5 Å². The summed E-state index contributed by atoms with van der Waals surface area (Å²) < 4.78 is 12.2. The smallest absolute Gasteiger partial charge is 0.161 e. The largest absolute Gasteiger partial charge is 0.473 e. The van der Waals surface area contributed by atoms with Crippen LogP contribution in [-0.4, -0.2) is 13.5 Å². The van der Waals surface area contributed by atoms with Gasteiger partial charge in [0, 0.05) is 41.0 Å². The Balaban J connectivity index is 1.27. The van der Waals surface area contributed by atoms with Gasteiger partial charge in [-0.3, -0.25) is 0 Å². The van der Waals surface area contributed by atoms with Crippen LogP contribution in [0.3, 0.4) is 0 Å². The van der Waals surface area contributed by atoms with Crippen molar-refractivity contribution < 1.29 is 9.47 Å². The van der Waals surface area contributed by atoms with Crippen LogP contribution >= 0.6 is 0 Å². The summed E-state index contributed by atoms with van der Waals surface area (Å²) in [5.74, 6) is 2.00. The maximum absolute atomic E-state index is 6.08. The molecule has 4 nitrogen and oxygen atoms in total. The van der Waals surface area contributed by atoms with Gasteiger partial charge in [0.25, 0.3) is 0 Å². The third kappa shape index (κ3) is 4.73. The molecule has 200 valence electrons. The molecule has 0 aliphatic carbocycles. The Bertz CT molecular complexity index is 1380. The maximum atomic E-state index is 6.08. The van der Waals surface area contributed by atoms with Crippen molar-refractivity contribution in [2.45, 2.75) is 59.0 Å². The van der Waals surface area contributed by atoms with Gasteiger partial charge < -0.3 is 19.3 Å². The molecule has 0 radical (unpaired) electrons. The third-order valence-corrected chi connectivity index (χ3v) is 8.46. The van der Waals surface area contributed by atoms with Gasteiger partial charge >= 0.3 is 0 Å². The summed E-state index contributed by atoms with van der Waals surface area (Å²) in [5.41, 5.74) is 10.3. The molecule has 0 aromatic heterocycles. The normalized spacial score (nSPS) is 14.8. The molecule has 0 saturated heterocycles. The van der Waals surface area contributed by atoms with Crippen LogP contribution in [0.1, 0.15) is 61.1 Å². The first-order chi connectivity index (χ1) is 19.0. The number of hydrogen-bond acceptors (Lipinski definition) is 4. The molecule has 2 aliphatic heterocycles. The van der Waals surface area contributed by atoms with E-state index in [0.717, 1.165) is 37.4 Å². The van der Waals surface area contributed by atoms with E-state index in [-0.39, 0.29) is 5.41 Å². The zero-order valence-electron chi connectivity index (χ0n) is 23.5. The van der Waals surface area contributed by atoms with Gasteiger partial charge in [0.05, 0.1) is 0 Å². The number of benzene rings is 4. The van der Waals surface area contributed by atoms with Crippen LogP contribution in [-0.2, 0) is 31.3 Å². The maximum Gasteiger partial charge on any atom is 0.161 e. The summed E-state index contributed by atoms with van der Waals surface area (Å²) in [4.78, 5) is 4.70. The van der Waals surface area contributed by atoms with Crippen LogP contribution in [0, 0.1) is 0 Å². The van der Waals surface area contributed by atoms with Crippen LogP contribution < -0.4 is 19.3 Å². The lowest BCUT2D eigenvalue weighted by atomic mass is 9.76. The van der Waals surface area contributed by atoms with E-state index in [9.17, 15) is 0 Å². The number of fused-ring (bicyclic) bond motifs is 2. The highest BCUT2D eigenvalue weighted by Gasteiger charge is 2.27. The lowest BCUT2D eigenvalue weighted by Crippen LogP contribution is -2.33. The second kappa shape index (κ2) is 10.3. The standard InChI is InChI=1S/C35H38N2O2/c1-5-25-19-29(15-17-31(25)36-21-27-11-7-9-13-33(27)38-23-36)35(3,4)30-16-18-32(26(6-2)20-30)37-22-28-12-8-10-14-34(28)39-24-37/h7-20H,5-6,21-24H2,1-4H3. The van der Waals surface area contributed by atoms with Gasteiger partial charge in [-0.2, -0.15) is 0 Å². The van der Waals surface area contributed by atoms with Crippen LogP contribution in [0.25, 0.3) is 0 Å². The molecule has 0 spiro atoms. The SMILES string of the molecule is CCc1cc(C(C)(C)c2ccc(N3COc4ccccc4C3)c(CC)c2)ccc1N1COc2ccccc2C1. The summed E-state index contributed by atoms with van der Waals surface area (Å²) in [6.07, 6.45) is 1.96. The number of rotatable bonds is 6. The van der Waals surface area contributed by atoms with Crippen molar-refractivity contribution in [1.29, 1.82) is 0 Å². The van der Waals surface area contributed by atoms with Crippen molar-refractivity contribution in [2.75, 3.05) is 23.3 Å². The summed E-state index contributed by atoms with van der Waals surface area (Å²) >= 11 is 0. The van der Waals surface area contributed by atoms with E-state index >= 15 is 0 Å². The molecule has 39 heavy (non-hydrogen) atoms. The monoisotopic (exact) mass is 518 g/mol. The molecule has 6 rings (SSSR count). The number of aryl methyl sites for hydroxylation is 2. The molecule has 4 heteroatoms. The van der Waals surface area contributed by atoms with Gasteiger partial charge in [-0.15, -0.1) is 0 Å². The Labute approximate surface area is 232 Å². The van der Waals surface area contributed by atoms with Crippen molar-refractivity contribution in [3.05, 3.63) is 118 Å². The van der Waals surface area contributed by atoms with Crippen LogP contribution in [0.4, 0.5) is 11.4 Å². The third-order valence-electron chi connectivity index (χ3n) is 8.46. The lowest BCUT2D eigenvalue weighted by Gasteiger charge is -2.34. The molecule has 0 fully saturated rings. The summed E-state index contributed by atoms with van der Waals surface area (Å²) in [6, 6.07) is 30.7. The number of ether oxygens (including phenoxy) is 2. The molecule has 0 N–H and O–H groups in total. The van der Waals surface area contributed by atoms with Crippen LogP contribution in [0.5, 0.6) is 11.5 Å². The zero-order chi connectivity index (χ0) is 27.0. The lowest BCUT2D eigenvalue weighted by molar-refractivity contribution is 0.289. The van der Waals surface area contributed by atoms with E-state index in [1.54, 1.807) is 0 Å². The molecule has 2 heterocycles. The predicted octanol–water partition coefficient (Wildman–Crippen LogP) is 7.85. The second-order valence-corrected chi connectivity index (χ2v) is 11.2. The molecular formula is C35H38N2O2. The highest BCUT2D eigenvalue weighted by Crippen LogP contribution is 2.39. The molecule has 0 unspecified atom stereocenters. The van der Waals surface area contributed by atoms with Crippen molar-refractivity contribution in [3.8, 4) is 11.5 Å². The average molecular weight is 519 g/mol. The number of para-hydroxylation sites is 2. The first-order valence-corrected chi connectivity index (χ1v) is 14.2. The van der Waals surface area contributed by atoms with Gasteiger partial charge in [0.2, 0.25) is 0 Å². The predicted molar refractivity (Wildman–Crippen MR) is 160 cm³/mol. The summed E-state index contributed by atoms with van der Waals surface area (Å²) in [5, 5.41) is 0. The number of anilines is 2. The zero-order valence-corrected chi connectivity index (χ0v) is 23.5. The average Bonchev–Trinajstić information content (AvgIpc) is 2.99. The van der Waals surface area contributed by atoms with E-state index in [2.05, 4.69) is 110 Å². The van der Waals surface area contributed by atoms with Crippen molar-refractivity contribution in [1.82, 2.24) is 0 Å². The fraction of sp³-hybridized carbons (Fsp3) is 0.314. The Hall–Kier alpha value is -3.92. The number of hydrogen-bond donors (Lipinski definition) is 0. The highest BCUT2D eigenvalue weighted by atomic mass is 16.5. The molecule has 4 aromatic carbocycles. The quantitative estimate of drug-likeness (QED) is 0.259. The van der Waals surface area contributed by atoms with E-state index in [1.807, 2.05) is 12.1 Å². The minimum absolute atomic E-state index is 0.124. The fourth-order valence-electron chi connectivity index (χ4n) is 5.96. The molecule has 0 amide bonds. The Kier molecular flexibility index (Phi) is 6.72. The topological polar surface area (TPSA) is 24.9 Å². The van der Waals surface area contributed by atoms with Gasteiger partial charge in [-0.05, 0) is 59.4 Å².